The molecule has 1 atom stereocenters. The maximum absolute atomic E-state index is 10.5. The fourth-order valence-corrected chi connectivity index (χ4v) is 1.22. The highest BCUT2D eigenvalue weighted by Crippen LogP contribution is 2.13. The normalized spacial score (nSPS) is 11.4. The van der Waals surface area contributed by atoms with Crippen molar-refractivity contribution in [2.45, 2.75) is 6.92 Å². The van der Waals surface area contributed by atoms with Gasteiger partial charge in [-0.05, 0) is 0 Å². The molecular formula is C5H6NOS+. The van der Waals surface area contributed by atoms with E-state index in [1.807, 2.05) is 5.38 Å². The van der Waals surface area contributed by atoms with Gasteiger partial charge in [-0.25, -0.2) is 9.78 Å². The van der Waals surface area contributed by atoms with Gasteiger partial charge < -0.3 is 0 Å². The third-order valence-electron chi connectivity index (χ3n) is 0.800. The van der Waals surface area contributed by atoms with Crippen molar-refractivity contribution in [1.82, 2.24) is 4.98 Å². The van der Waals surface area contributed by atoms with Crippen molar-refractivity contribution in [3.63, 3.8) is 0 Å². The number of hydrogen-bond donors (Lipinski definition) is 0. The molecule has 0 saturated heterocycles. The highest BCUT2D eigenvalue weighted by Gasteiger charge is 2.07. The van der Waals surface area contributed by atoms with E-state index in [9.17, 15) is 4.79 Å². The van der Waals surface area contributed by atoms with Crippen LogP contribution in [0, 0.1) is 0 Å². The van der Waals surface area contributed by atoms with Crippen molar-refractivity contribution in [3.8, 4) is 0 Å². The minimum absolute atomic E-state index is 0.183. The second-order valence-corrected chi connectivity index (χ2v) is 3.20. The van der Waals surface area contributed by atoms with Crippen molar-refractivity contribution < 1.29 is 4.79 Å². The molecule has 0 aromatic carbocycles. The van der Waals surface area contributed by atoms with Crippen LogP contribution in [0.25, 0.3) is 0 Å². The summed E-state index contributed by atoms with van der Waals surface area (Å²) in [6, 6.07) is 0. The average molecular weight is 128 g/mol. The molecular weight excluding hydrogens is 122 g/mol. The average Bonchev–Trinajstić information content (AvgIpc) is 2.12. The molecule has 1 aromatic rings. The number of nitrogens with zero attached hydrogens (tertiary/aromatic N) is 1. The predicted molar refractivity (Wildman–Crippen MR) is 33.0 cm³/mol. The van der Waals surface area contributed by atoms with Gasteiger partial charge in [-0.1, -0.05) is 0 Å². The summed E-state index contributed by atoms with van der Waals surface area (Å²) in [6.45, 7) is 1.57. The Balaban J connectivity index is 2.93. The van der Waals surface area contributed by atoms with Crippen molar-refractivity contribution in [2.24, 2.45) is 0 Å². The van der Waals surface area contributed by atoms with Crippen molar-refractivity contribution in [2.75, 3.05) is 0 Å². The first-order valence-electron chi connectivity index (χ1n) is 2.23. The van der Waals surface area contributed by atoms with Gasteiger partial charge in [-0.3, -0.25) is 0 Å². The Morgan fingerprint density at radius 2 is 2.50 bits per heavy atom. The van der Waals surface area contributed by atoms with Crippen LogP contribution in [0.2, 0.25) is 0 Å². The number of aromatic nitrogens is 1. The number of thiazole rings is 1. The van der Waals surface area contributed by atoms with Crippen LogP contribution in [0.15, 0.2) is 17.1 Å². The van der Waals surface area contributed by atoms with Gasteiger partial charge in [0.15, 0.2) is 5.38 Å². The lowest BCUT2D eigenvalue weighted by Crippen LogP contribution is -1.73. The van der Waals surface area contributed by atoms with Crippen LogP contribution < -0.4 is 0 Å². The Kier molecular flexibility index (Phi) is 1.39. The van der Waals surface area contributed by atoms with Crippen LogP contribution in [0.4, 0.5) is 0 Å². The molecule has 0 amide bonds. The Labute approximate surface area is 50.2 Å². The van der Waals surface area contributed by atoms with Gasteiger partial charge in [-0.15, -0.1) is 0 Å². The third kappa shape index (κ3) is 0.924. The largest absolute Gasteiger partial charge is 0.353 e. The van der Waals surface area contributed by atoms with Gasteiger partial charge in [0.1, 0.15) is 0 Å². The van der Waals surface area contributed by atoms with Crippen LogP contribution >= 0.6 is 10.5 Å². The van der Waals surface area contributed by atoms with E-state index in [4.69, 9.17) is 0 Å². The summed E-state index contributed by atoms with van der Waals surface area (Å²) >= 11 is 0. The highest BCUT2D eigenvalue weighted by molar-refractivity contribution is 7.48. The third-order valence-corrected chi connectivity index (χ3v) is 2.23. The molecule has 0 N–H and O–H groups in total. The van der Waals surface area contributed by atoms with Crippen molar-refractivity contribution >= 4 is 15.6 Å². The lowest BCUT2D eigenvalue weighted by molar-refractivity contribution is 0.106. The first kappa shape index (κ1) is 5.44. The van der Waals surface area contributed by atoms with Gasteiger partial charge in [0, 0.05) is 0 Å². The summed E-state index contributed by atoms with van der Waals surface area (Å²) in [7, 11) is -0.290. The van der Waals surface area contributed by atoms with Crippen LogP contribution in [0.1, 0.15) is 11.7 Å². The molecule has 2 nitrogen and oxygen atoms in total. The monoisotopic (exact) mass is 128 g/mol. The van der Waals surface area contributed by atoms with E-state index in [1.165, 1.54) is 0 Å². The van der Waals surface area contributed by atoms with E-state index in [0.717, 1.165) is 0 Å². The van der Waals surface area contributed by atoms with E-state index >= 15 is 0 Å². The fraction of sp³-hybridized carbons (Fsp3) is 0.200. The molecule has 42 valence electrons. The van der Waals surface area contributed by atoms with Gasteiger partial charge in [0.2, 0.25) is 5.51 Å². The fourth-order valence-electron chi connectivity index (χ4n) is 0.407. The second-order valence-electron chi connectivity index (χ2n) is 1.40. The highest BCUT2D eigenvalue weighted by atomic mass is 32.2. The Hall–Kier alpha value is -0.700. The standard InChI is InChI=1S/C5H6NOS/c1-5(7)8-3-2-6-4-8/h2-4H,1H3/q+1. The summed E-state index contributed by atoms with van der Waals surface area (Å²) in [5.41, 5.74) is 1.67. The Morgan fingerprint density at radius 1 is 1.75 bits per heavy atom. The zero-order valence-electron chi connectivity index (χ0n) is 4.50. The maximum atomic E-state index is 10.5. The Bertz CT molecular complexity index is 180. The summed E-state index contributed by atoms with van der Waals surface area (Å²) in [6.07, 6.45) is 1.66. The molecule has 0 aliphatic heterocycles. The molecule has 0 bridgehead atoms. The first-order valence-corrected chi connectivity index (χ1v) is 3.58. The molecule has 1 aromatic heterocycles. The zero-order valence-corrected chi connectivity index (χ0v) is 5.31. The van der Waals surface area contributed by atoms with Gasteiger partial charge in [0.05, 0.1) is 23.6 Å². The molecule has 0 aliphatic carbocycles. The molecule has 3 heteroatoms. The molecule has 0 saturated carbocycles. The summed E-state index contributed by atoms with van der Waals surface area (Å²) in [4.78, 5) is 14.3. The smallest absolute Gasteiger partial charge is 0.232 e. The summed E-state index contributed by atoms with van der Waals surface area (Å²) < 4.78 is 0. The topological polar surface area (TPSA) is 30.0 Å². The van der Waals surface area contributed by atoms with Crippen LogP contribution in [-0.2, 0) is 0 Å². The van der Waals surface area contributed by atoms with Gasteiger partial charge in [-0.2, -0.15) is 0 Å². The number of carbonyl (C=O) groups is 1. The minimum Gasteiger partial charge on any atom is -0.232 e. The summed E-state index contributed by atoms with van der Waals surface area (Å²) in [5, 5.41) is 1.99. The molecule has 0 fully saturated rings. The molecule has 1 rings (SSSR count). The SMILES string of the molecule is CC(=O)[s+]1ccnc1. The van der Waals surface area contributed by atoms with Crippen LogP contribution in [-0.4, -0.2) is 10.1 Å². The molecule has 0 spiro atoms. The zero-order chi connectivity index (χ0) is 5.98. The van der Waals surface area contributed by atoms with E-state index in [2.05, 4.69) is 4.98 Å². The number of rotatable bonds is 1. The maximum Gasteiger partial charge on any atom is 0.353 e. The van der Waals surface area contributed by atoms with Gasteiger partial charge >= 0.3 is 5.12 Å². The quantitative estimate of drug-likeness (QED) is 0.536. The second kappa shape index (κ2) is 2.05. The molecule has 8 heavy (non-hydrogen) atoms. The molecule has 1 heterocycles. The summed E-state index contributed by atoms with van der Waals surface area (Å²) in [5.74, 6) is 0. The molecule has 1 unspecified atom stereocenters. The molecule has 0 radical (unpaired) electrons. The van der Waals surface area contributed by atoms with E-state index in [0.29, 0.717) is 0 Å². The predicted octanol–water partition coefficient (Wildman–Crippen LogP) is 1.49. The Morgan fingerprint density at radius 3 is 2.75 bits per heavy atom. The van der Waals surface area contributed by atoms with Crippen molar-refractivity contribution in [3.05, 3.63) is 17.1 Å². The minimum atomic E-state index is -0.290. The first-order chi connectivity index (χ1) is 3.80. The number of hydrogen-bond acceptors (Lipinski definition) is 2. The van der Waals surface area contributed by atoms with Crippen LogP contribution in [0.5, 0.6) is 0 Å². The van der Waals surface area contributed by atoms with Crippen LogP contribution in [0.3, 0.4) is 0 Å². The van der Waals surface area contributed by atoms with E-state index in [-0.39, 0.29) is 15.6 Å². The lowest BCUT2D eigenvalue weighted by Gasteiger charge is -1.67. The van der Waals surface area contributed by atoms with Gasteiger partial charge in [0.25, 0.3) is 0 Å². The lowest BCUT2D eigenvalue weighted by atomic mass is 10.9. The van der Waals surface area contributed by atoms with E-state index in [1.54, 1.807) is 18.6 Å². The van der Waals surface area contributed by atoms with E-state index < -0.39 is 0 Å². The number of carbonyl (C=O) groups excluding carboxylic acids is 1. The molecule has 0 aliphatic rings. The van der Waals surface area contributed by atoms with Crippen molar-refractivity contribution in [1.29, 1.82) is 0 Å².